The third-order valence-electron chi connectivity index (χ3n) is 3.88. The van der Waals surface area contributed by atoms with E-state index in [1.807, 2.05) is 22.6 Å². The smallest absolute Gasteiger partial charge is 0.354 e. The van der Waals surface area contributed by atoms with Crippen molar-refractivity contribution in [3.8, 4) is 0 Å². The molecule has 30 heavy (non-hydrogen) atoms. The molecule has 8 nitrogen and oxygen atoms in total. The number of carbonyl (C=O) groups excluding carboxylic acids is 2. The molecule has 0 fully saturated rings. The minimum Gasteiger partial charge on any atom is -0.466 e. The number of hydrogen-bond acceptors (Lipinski definition) is 7. The van der Waals surface area contributed by atoms with Crippen LogP contribution in [0.15, 0.2) is 48.2 Å². The lowest BCUT2D eigenvalue weighted by Crippen LogP contribution is -2.15. The van der Waals surface area contributed by atoms with Gasteiger partial charge in [-0.25, -0.2) is 4.79 Å². The van der Waals surface area contributed by atoms with Crippen molar-refractivity contribution in [2.75, 3.05) is 18.5 Å². The van der Waals surface area contributed by atoms with Gasteiger partial charge >= 0.3 is 11.9 Å². The van der Waals surface area contributed by atoms with Gasteiger partial charge in [-0.05, 0) is 71.8 Å². The predicted octanol–water partition coefficient (Wildman–Crippen LogP) is 4.32. The van der Waals surface area contributed by atoms with Crippen LogP contribution in [0.3, 0.4) is 0 Å². The molecule has 0 unspecified atom stereocenters. The quantitative estimate of drug-likeness (QED) is 0.171. The number of benzene rings is 2. The van der Waals surface area contributed by atoms with Crippen LogP contribution in [-0.4, -0.2) is 30.1 Å². The van der Waals surface area contributed by atoms with Crippen LogP contribution in [0, 0.1) is 13.7 Å². The van der Waals surface area contributed by atoms with E-state index in [9.17, 15) is 19.7 Å². The molecule has 0 aliphatic heterocycles. The molecule has 0 radical (unpaired) electrons. The van der Waals surface area contributed by atoms with Crippen LogP contribution in [-0.2, 0) is 25.5 Å². The van der Waals surface area contributed by atoms with Crippen molar-refractivity contribution in [2.45, 2.75) is 20.3 Å². The molecule has 0 saturated carbocycles. The molecule has 2 aromatic carbocycles. The summed E-state index contributed by atoms with van der Waals surface area (Å²) in [7, 11) is 0. The Morgan fingerprint density at radius 3 is 2.33 bits per heavy atom. The van der Waals surface area contributed by atoms with Crippen molar-refractivity contribution in [1.29, 1.82) is 0 Å². The van der Waals surface area contributed by atoms with Gasteiger partial charge in [-0.15, -0.1) is 0 Å². The van der Waals surface area contributed by atoms with Crippen LogP contribution in [0.1, 0.15) is 25.0 Å². The minimum absolute atomic E-state index is 0.0283. The lowest BCUT2D eigenvalue weighted by molar-refractivity contribution is -0.384. The van der Waals surface area contributed by atoms with E-state index in [2.05, 4.69) is 5.32 Å². The molecule has 0 atom stereocenters. The van der Waals surface area contributed by atoms with Crippen molar-refractivity contribution in [3.63, 3.8) is 0 Å². The fourth-order valence-electron chi connectivity index (χ4n) is 2.50. The first-order chi connectivity index (χ1) is 14.3. The number of hydrogen-bond donors (Lipinski definition) is 1. The highest BCUT2D eigenvalue weighted by atomic mass is 127. The number of halogens is 1. The molecule has 2 rings (SSSR count). The van der Waals surface area contributed by atoms with Crippen molar-refractivity contribution in [2.24, 2.45) is 0 Å². The van der Waals surface area contributed by atoms with Gasteiger partial charge in [0.1, 0.15) is 5.70 Å². The first kappa shape index (κ1) is 23.3. The van der Waals surface area contributed by atoms with Crippen LogP contribution in [0.5, 0.6) is 0 Å². The molecular weight excluding hydrogens is 503 g/mol. The van der Waals surface area contributed by atoms with Crippen LogP contribution < -0.4 is 5.32 Å². The molecule has 0 aliphatic rings. The molecule has 0 spiro atoms. The van der Waals surface area contributed by atoms with Gasteiger partial charge in [0, 0.05) is 21.4 Å². The number of nitrogens with one attached hydrogen (secondary N) is 1. The zero-order valence-corrected chi connectivity index (χ0v) is 18.7. The number of anilines is 1. The van der Waals surface area contributed by atoms with Crippen molar-refractivity contribution < 1.29 is 24.0 Å². The third kappa shape index (κ3) is 6.83. The Hall–Kier alpha value is -2.95. The second kappa shape index (κ2) is 11.3. The van der Waals surface area contributed by atoms with Crippen molar-refractivity contribution in [3.05, 3.63) is 73.0 Å². The molecule has 0 aromatic heterocycles. The van der Waals surface area contributed by atoms with Gasteiger partial charge in [-0.3, -0.25) is 14.9 Å². The molecule has 0 heterocycles. The number of esters is 2. The number of nitro benzene ring substituents is 1. The van der Waals surface area contributed by atoms with Crippen LogP contribution >= 0.6 is 22.6 Å². The Balaban J connectivity index is 2.25. The highest BCUT2D eigenvalue weighted by Gasteiger charge is 2.14. The zero-order chi connectivity index (χ0) is 22.1. The fraction of sp³-hybridized carbons (Fsp3) is 0.238. The molecule has 0 aliphatic carbocycles. The van der Waals surface area contributed by atoms with E-state index in [0.717, 1.165) is 5.56 Å². The Labute approximate surface area is 187 Å². The van der Waals surface area contributed by atoms with E-state index < -0.39 is 10.9 Å². The topological polar surface area (TPSA) is 108 Å². The van der Waals surface area contributed by atoms with Gasteiger partial charge in [0.15, 0.2) is 0 Å². The maximum atomic E-state index is 12.4. The molecule has 0 bridgehead atoms. The Kier molecular flexibility index (Phi) is 8.78. The summed E-state index contributed by atoms with van der Waals surface area (Å²) in [5.74, 6) is -0.861. The lowest BCUT2D eigenvalue weighted by Gasteiger charge is -2.12. The largest absolute Gasteiger partial charge is 0.466 e. The highest BCUT2D eigenvalue weighted by Crippen LogP contribution is 2.23. The highest BCUT2D eigenvalue weighted by molar-refractivity contribution is 14.1. The van der Waals surface area contributed by atoms with Crippen LogP contribution in [0.2, 0.25) is 0 Å². The molecular formula is C21H21IN2O6. The normalized spacial score (nSPS) is 11.0. The van der Waals surface area contributed by atoms with E-state index >= 15 is 0 Å². The summed E-state index contributed by atoms with van der Waals surface area (Å²) in [6, 6.07) is 11.4. The van der Waals surface area contributed by atoms with Gasteiger partial charge in [0.25, 0.3) is 5.69 Å². The summed E-state index contributed by atoms with van der Waals surface area (Å²) in [6.07, 6.45) is 1.74. The molecule has 1 N–H and O–H groups in total. The van der Waals surface area contributed by atoms with E-state index in [-0.39, 0.29) is 30.4 Å². The summed E-state index contributed by atoms with van der Waals surface area (Å²) in [5, 5.41) is 13.9. The van der Waals surface area contributed by atoms with Crippen LogP contribution in [0.25, 0.3) is 6.08 Å². The number of carbonyl (C=O) groups is 2. The number of non-ortho nitro benzene ring substituents is 1. The minimum atomic E-state index is -0.553. The Morgan fingerprint density at radius 1 is 1.10 bits per heavy atom. The molecule has 0 saturated heterocycles. The van der Waals surface area contributed by atoms with Gasteiger partial charge < -0.3 is 14.8 Å². The lowest BCUT2D eigenvalue weighted by atomic mass is 10.1. The summed E-state index contributed by atoms with van der Waals surface area (Å²) < 4.78 is 10.7. The third-order valence-corrected chi connectivity index (χ3v) is 4.81. The van der Waals surface area contributed by atoms with E-state index in [1.165, 1.54) is 12.1 Å². The number of rotatable bonds is 9. The van der Waals surface area contributed by atoms with E-state index in [4.69, 9.17) is 9.47 Å². The van der Waals surface area contributed by atoms with E-state index in [0.29, 0.717) is 21.4 Å². The second-order valence-electron chi connectivity index (χ2n) is 6.05. The number of ether oxygens (including phenoxy) is 2. The molecule has 9 heteroatoms. The first-order valence-corrected chi connectivity index (χ1v) is 10.3. The Morgan fingerprint density at radius 2 is 1.77 bits per heavy atom. The monoisotopic (exact) mass is 524 g/mol. The number of nitro groups is 1. The van der Waals surface area contributed by atoms with Gasteiger partial charge in [0.05, 0.1) is 24.6 Å². The second-order valence-corrected chi connectivity index (χ2v) is 7.21. The summed E-state index contributed by atoms with van der Waals surface area (Å²) in [5.41, 5.74) is 2.20. The zero-order valence-electron chi connectivity index (χ0n) is 16.5. The SMILES string of the molecule is CCOC(=O)Cc1ccc(N/C(=C\c2ccc([N+](=O)[O-])cc2I)C(=O)OCC)cc1. The average molecular weight is 524 g/mol. The Bertz CT molecular complexity index is 956. The van der Waals surface area contributed by atoms with E-state index in [1.54, 1.807) is 50.3 Å². The maximum Gasteiger partial charge on any atom is 0.354 e. The predicted molar refractivity (Wildman–Crippen MR) is 121 cm³/mol. The van der Waals surface area contributed by atoms with Crippen molar-refractivity contribution >= 4 is 52.0 Å². The summed E-state index contributed by atoms with van der Waals surface area (Å²) >= 11 is 1.98. The summed E-state index contributed by atoms with van der Waals surface area (Å²) in [6.45, 7) is 3.98. The van der Waals surface area contributed by atoms with Crippen molar-refractivity contribution in [1.82, 2.24) is 0 Å². The number of nitrogens with zero attached hydrogens (tertiary/aromatic N) is 1. The van der Waals surface area contributed by atoms with Gasteiger partial charge in [-0.2, -0.15) is 0 Å². The average Bonchev–Trinajstić information content (AvgIpc) is 2.70. The maximum absolute atomic E-state index is 12.4. The van der Waals surface area contributed by atoms with Gasteiger partial charge in [-0.1, -0.05) is 12.1 Å². The molecule has 2 aromatic rings. The molecule has 158 valence electrons. The van der Waals surface area contributed by atoms with Gasteiger partial charge in [0.2, 0.25) is 0 Å². The molecule has 0 amide bonds. The fourth-order valence-corrected chi connectivity index (χ4v) is 3.15. The van der Waals surface area contributed by atoms with Crippen LogP contribution in [0.4, 0.5) is 11.4 Å². The first-order valence-electron chi connectivity index (χ1n) is 9.18. The summed E-state index contributed by atoms with van der Waals surface area (Å²) in [4.78, 5) is 34.4. The standard InChI is InChI=1S/C21H21IN2O6/c1-3-29-20(25)11-14-5-8-16(9-6-14)23-19(21(26)30-4-2)12-15-7-10-17(24(27)28)13-18(15)22/h5-10,12-13,23H,3-4,11H2,1-2H3/b19-12-.